The molecule has 0 spiro atoms. The summed E-state index contributed by atoms with van der Waals surface area (Å²) in [6.07, 6.45) is 1.75. The van der Waals surface area contributed by atoms with Crippen molar-refractivity contribution in [1.29, 1.82) is 0 Å². The summed E-state index contributed by atoms with van der Waals surface area (Å²) in [5, 5.41) is 0. The standard InChI is InChI=1S/C14H14ClNOS/c15-14-7-6-13(18-14)9-12(17)5-4-10-2-1-3-11(16)8-10/h1-3,6-8H,4-5,9,16H2. The number of thiophene rings is 1. The molecule has 1 aromatic carbocycles. The predicted octanol–water partition coefficient (Wildman–Crippen LogP) is 3.73. The Morgan fingerprint density at radius 3 is 2.78 bits per heavy atom. The molecule has 2 rings (SSSR count). The zero-order chi connectivity index (χ0) is 13.0. The lowest BCUT2D eigenvalue weighted by Crippen LogP contribution is -2.03. The van der Waals surface area contributed by atoms with Crippen LogP contribution >= 0.6 is 22.9 Å². The maximum absolute atomic E-state index is 11.8. The highest BCUT2D eigenvalue weighted by Gasteiger charge is 2.06. The fourth-order valence-electron chi connectivity index (χ4n) is 1.76. The molecule has 0 saturated carbocycles. The molecule has 0 bridgehead atoms. The van der Waals surface area contributed by atoms with Crippen LogP contribution in [-0.2, 0) is 17.6 Å². The highest BCUT2D eigenvalue weighted by molar-refractivity contribution is 7.16. The highest BCUT2D eigenvalue weighted by Crippen LogP contribution is 2.22. The molecule has 1 heterocycles. The van der Waals surface area contributed by atoms with E-state index >= 15 is 0 Å². The van der Waals surface area contributed by atoms with E-state index < -0.39 is 0 Å². The molecular weight excluding hydrogens is 266 g/mol. The molecule has 0 aliphatic carbocycles. The summed E-state index contributed by atoms with van der Waals surface area (Å²) >= 11 is 7.29. The molecule has 2 N–H and O–H groups in total. The number of anilines is 1. The third kappa shape index (κ3) is 3.86. The fraction of sp³-hybridized carbons (Fsp3) is 0.214. The van der Waals surface area contributed by atoms with Gasteiger partial charge >= 0.3 is 0 Å². The van der Waals surface area contributed by atoms with E-state index in [4.69, 9.17) is 17.3 Å². The van der Waals surface area contributed by atoms with Gasteiger partial charge in [-0.3, -0.25) is 4.79 Å². The number of halogens is 1. The van der Waals surface area contributed by atoms with Crippen LogP contribution in [0.15, 0.2) is 36.4 Å². The minimum atomic E-state index is 0.232. The van der Waals surface area contributed by atoms with Gasteiger partial charge in [0.05, 0.1) is 4.34 Å². The Morgan fingerprint density at radius 1 is 1.28 bits per heavy atom. The van der Waals surface area contributed by atoms with Crippen molar-refractivity contribution in [3.05, 3.63) is 51.2 Å². The molecular formula is C14H14ClNOS. The minimum absolute atomic E-state index is 0.232. The minimum Gasteiger partial charge on any atom is -0.399 e. The van der Waals surface area contributed by atoms with E-state index in [1.54, 1.807) is 0 Å². The quantitative estimate of drug-likeness (QED) is 0.848. The number of hydrogen-bond donors (Lipinski definition) is 1. The Balaban J connectivity index is 1.85. The van der Waals surface area contributed by atoms with Crippen molar-refractivity contribution in [2.75, 3.05) is 5.73 Å². The third-order valence-electron chi connectivity index (χ3n) is 2.64. The second-order valence-electron chi connectivity index (χ2n) is 4.17. The second-order valence-corrected chi connectivity index (χ2v) is 5.97. The molecule has 0 aliphatic heterocycles. The molecule has 0 unspecified atom stereocenters. The van der Waals surface area contributed by atoms with Gasteiger partial charge in [0.25, 0.3) is 0 Å². The van der Waals surface area contributed by atoms with Crippen LogP contribution in [0.1, 0.15) is 16.9 Å². The smallest absolute Gasteiger partial charge is 0.138 e. The third-order valence-corrected chi connectivity index (χ3v) is 3.87. The van der Waals surface area contributed by atoms with Gasteiger partial charge in [-0.2, -0.15) is 0 Å². The number of benzene rings is 1. The van der Waals surface area contributed by atoms with Gasteiger partial charge in [0.15, 0.2) is 0 Å². The summed E-state index contributed by atoms with van der Waals surface area (Å²) in [5.74, 6) is 0.232. The molecule has 0 aliphatic rings. The lowest BCUT2D eigenvalue weighted by Gasteiger charge is -2.02. The Morgan fingerprint density at radius 2 is 2.11 bits per heavy atom. The topological polar surface area (TPSA) is 43.1 Å². The zero-order valence-electron chi connectivity index (χ0n) is 9.86. The van der Waals surface area contributed by atoms with Crippen molar-refractivity contribution in [1.82, 2.24) is 0 Å². The molecule has 2 nitrogen and oxygen atoms in total. The van der Waals surface area contributed by atoms with Crippen molar-refractivity contribution in [3.63, 3.8) is 0 Å². The molecule has 0 atom stereocenters. The van der Waals surface area contributed by atoms with E-state index in [1.165, 1.54) is 11.3 Å². The van der Waals surface area contributed by atoms with E-state index in [0.717, 1.165) is 26.9 Å². The van der Waals surface area contributed by atoms with Crippen molar-refractivity contribution in [2.45, 2.75) is 19.3 Å². The average Bonchev–Trinajstić information content (AvgIpc) is 2.72. The normalized spacial score (nSPS) is 10.5. The van der Waals surface area contributed by atoms with E-state index in [0.29, 0.717) is 12.8 Å². The molecule has 94 valence electrons. The maximum Gasteiger partial charge on any atom is 0.138 e. The zero-order valence-corrected chi connectivity index (χ0v) is 11.4. The molecule has 4 heteroatoms. The lowest BCUT2D eigenvalue weighted by atomic mass is 10.1. The van der Waals surface area contributed by atoms with E-state index in [9.17, 15) is 4.79 Å². The van der Waals surface area contributed by atoms with Crippen LogP contribution in [0.25, 0.3) is 0 Å². The Labute approximate surface area is 115 Å². The Kier molecular flexibility index (Phi) is 4.39. The number of ketones is 1. The van der Waals surface area contributed by atoms with Crippen molar-refractivity contribution >= 4 is 34.4 Å². The van der Waals surface area contributed by atoms with E-state index in [2.05, 4.69) is 0 Å². The van der Waals surface area contributed by atoms with Gasteiger partial charge in [-0.1, -0.05) is 23.7 Å². The van der Waals surface area contributed by atoms with Gasteiger partial charge in [-0.05, 0) is 36.2 Å². The Hall–Kier alpha value is -1.32. The predicted molar refractivity (Wildman–Crippen MR) is 77.2 cm³/mol. The number of nitrogens with two attached hydrogens (primary N) is 1. The van der Waals surface area contributed by atoms with Gasteiger partial charge in [0, 0.05) is 23.4 Å². The number of nitrogen functional groups attached to an aromatic ring is 1. The van der Waals surface area contributed by atoms with Crippen LogP contribution in [-0.4, -0.2) is 5.78 Å². The van der Waals surface area contributed by atoms with Crippen molar-refractivity contribution < 1.29 is 4.79 Å². The first kappa shape index (κ1) is 13.1. The van der Waals surface area contributed by atoms with Gasteiger partial charge in [-0.15, -0.1) is 11.3 Å². The number of rotatable bonds is 5. The Bertz CT molecular complexity index is 550. The van der Waals surface area contributed by atoms with Gasteiger partial charge in [-0.25, -0.2) is 0 Å². The van der Waals surface area contributed by atoms with E-state index in [1.807, 2.05) is 36.4 Å². The molecule has 1 aromatic heterocycles. The molecule has 2 aromatic rings. The first-order valence-corrected chi connectivity index (χ1v) is 6.93. The first-order chi connectivity index (χ1) is 8.63. The van der Waals surface area contributed by atoms with Gasteiger partial charge in [0.1, 0.15) is 5.78 Å². The summed E-state index contributed by atoms with van der Waals surface area (Å²) < 4.78 is 0.730. The number of carbonyl (C=O) groups is 1. The largest absolute Gasteiger partial charge is 0.399 e. The molecule has 0 fully saturated rings. The number of aryl methyl sites for hydroxylation is 1. The molecule has 0 saturated heterocycles. The summed E-state index contributed by atoms with van der Waals surface area (Å²) in [5.41, 5.74) is 7.54. The number of carbonyl (C=O) groups excluding carboxylic acids is 1. The second kappa shape index (κ2) is 6.03. The van der Waals surface area contributed by atoms with Crippen LogP contribution in [0.3, 0.4) is 0 Å². The fourth-order valence-corrected chi connectivity index (χ4v) is 2.88. The molecule has 0 radical (unpaired) electrons. The number of hydrogen-bond acceptors (Lipinski definition) is 3. The van der Waals surface area contributed by atoms with Crippen molar-refractivity contribution in [3.8, 4) is 0 Å². The van der Waals surface area contributed by atoms with Crippen LogP contribution in [0.2, 0.25) is 4.34 Å². The summed E-state index contributed by atoms with van der Waals surface area (Å²) in [4.78, 5) is 12.8. The van der Waals surface area contributed by atoms with Crippen LogP contribution in [0.5, 0.6) is 0 Å². The van der Waals surface area contributed by atoms with Gasteiger partial charge in [0.2, 0.25) is 0 Å². The van der Waals surface area contributed by atoms with Crippen molar-refractivity contribution in [2.24, 2.45) is 0 Å². The van der Waals surface area contributed by atoms with Crippen LogP contribution in [0.4, 0.5) is 5.69 Å². The lowest BCUT2D eigenvalue weighted by molar-refractivity contribution is -0.118. The molecule has 0 amide bonds. The number of Topliss-reactive ketones (excluding diaryl/α,β-unsaturated/α-hetero) is 1. The maximum atomic E-state index is 11.8. The summed E-state index contributed by atoms with van der Waals surface area (Å²) in [6.45, 7) is 0. The van der Waals surface area contributed by atoms with Crippen LogP contribution < -0.4 is 5.73 Å². The van der Waals surface area contributed by atoms with Crippen LogP contribution in [0, 0.1) is 0 Å². The monoisotopic (exact) mass is 279 g/mol. The summed E-state index contributed by atoms with van der Waals surface area (Å²) in [7, 11) is 0. The molecule has 18 heavy (non-hydrogen) atoms. The highest BCUT2D eigenvalue weighted by atomic mass is 35.5. The van der Waals surface area contributed by atoms with E-state index in [-0.39, 0.29) is 5.78 Å². The average molecular weight is 280 g/mol. The SMILES string of the molecule is Nc1cccc(CCC(=O)Cc2ccc(Cl)s2)c1. The van der Waals surface area contributed by atoms with Gasteiger partial charge < -0.3 is 5.73 Å². The summed E-state index contributed by atoms with van der Waals surface area (Å²) in [6, 6.07) is 11.4. The first-order valence-electron chi connectivity index (χ1n) is 5.74.